The van der Waals surface area contributed by atoms with Gasteiger partial charge in [0.05, 0.1) is 0 Å². The molecular weight excluding hydrogens is 200 g/mol. The number of methoxy groups -OCH3 is 1. The smallest absolute Gasteiger partial charge is 0.0491 e. The fraction of sp³-hybridized carbons (Fsp3) is 1.00. The van der Waals surface area contributed by atoms with Crippen molar-refractivity contribution in [2.75, 3.05) is 33.4 Å². The molecule has 0 saturated carbocycles. The lowest BCUT2D eigenvalue weighted by molar-refractivity contribution is 0.0977. The highest BCUT2D eigenvalue weighted by Crippen LogP contribution is 2.17. The zero-order valence-electron chi connectivity index (χ0n) is 11.1. The maximum atomic E-state index is 6.06. The average molecular weight is 228 g/mol. The van der Waals surface area contributed by atoms with Crippen LogP contribution in [0, 0.1) is 11.8 Å². The van der Waals surface area contributed by atoms with Crippen LogP contribution in [-0.2, 0) is 4.74 Å². The van der Waals surface area contributed by atoms with Gasteiger partial charge in [0, 0.05) is 19.8 Å². The molecule has 1 aliphatic heterocycles. The molecule has 0 aromatic carbocycles. The number of rotatable bonds is 6. The number of nitrogens with zero attached hydrogens (tertiary/aromatic N) is 1. The van der Waals surface area contributed by atoms with Crippen LogP contribution >= 0.6 is 0 Å². The Kier molecular flexibility index (Phi) is 6.32. The number of piperidine rings is 1. The second-order valence-electron chi connectivity index (χ2n) is 5.44. The SMILES string of the molecule is COCC1CCN(CCC(N)C(C)C)CC1. The molecule has 2 N–H and O–H groups in total. The number of hydrogen-bond donors (Lipinski definition) is 1. The van der Waals surface area contributed by atoms with Crippen LogP contribution in [-0.4, -0.2) is 44.3 Å². The Labute approximate surface area is 100 Å². The molecule has 3 heteroatoms. The first-order chi connectivity index (χ1) is 7.63. The molecule has 0 aromatic rings. The van der Waals surface area contributed by atoms with Gasteiger partial charge in [-0.3, -0.25) is 0 Å². The summed E-state index contributed by atoms with van der Waals surface area (Å²) in [4.78, 5) is 2.55. The Balaban J connectivity index is 2.12. The van der Waals surface area contributed by atoms with Crippen molar-refractivity contribution in [3.8, 4) is 0 Å². The standard InChI is InChI=1S/C13H28N2O/c1-11(2)13(14)6-9-15-7-4-12(5-8-15)10-16-3/h11-13H,4-10,14H2,1-3H3. The fourth-order valence-electron chi connectivity index (χ4n) is 2.28. The third-order valence-electron chi connectivity index (χ3n) is 3.74. The first kappa shape index (κ1) is 13.9. The molecule has 1 atom stereocenters. The van der Waals surface area contributed by atoms with Gasteiger partial charge in [0.25, 0.3) is 0 Å². The van der Waals surface area contributed by atoms with E-state index in [1.807, 2.05) is 0 Å². The molecule has 0 bridgehead atoms. The summed E-state index contributed by atoms with van der Waals surface area (Å²) >= 11 is 0. The molecule has 1 aliphatic rings. The molecule has 1 heterocycles. The van der Waals surface area contributed by atoms with Crippen molar-refractivity contribution in [2.45, 2.75) is 39.2 Å². The topological polar surface area (TPSA) is 38.5 Å². The van der Waals surface area contributed by atoms with E-state index in [4.69, 9.17) is 10.5 Å². The molecule has 0 spiro atoms. The van der Waals surface area contributed by atoms with Crippen LogP contribution < -0.4 is 5.73 Å². The summed E-state index contributed by atoms with van der Waals surface area (Å²) in [6, 6.07) is 0.358. The van der Waals surface area contributed by atoms with Gasteiger partial charge in [-0.25, -0.2) is 0 Å². The lowest BCUT2D eigenvalue weighted by Crippen LogP contribution is -2.38. The Hall–Kier alpha value is -0.120. The average Bonchev–Trinajstić information content (AvgIpc) is 2.28. The minimum atomic E-state index is 0.358. The first-order valence-corrected chi connectivity index (χ1v) is 6.60. The Morgan fingerprint density at radius 2 is 1.94 bits per heavy atom. The van der Waals surface area contributed by atoms with E-state index in [2.05, 4.69) is 18.7 Å². The Bertz CT molecular complexity index is 177. The molecule has 0 radical (unpaired) electrons. The van der Waals surface area contributed by atoms with Gasteiger partial charge in [0.1, 0.15) is 0 Å². The summed E-state index contributed by atoms with van der Waals surface area (Å²) in [6.45, 7) is 8.95. The second kappa shape index (κ2) is 7.25. The summed E-state index contributed by atoms with van der Waals surface area (Å²) < 4.78 is 5.21. The van der Waals surface area contributed by atoms with Crippen molar-refractivity contribution < 1.29 is 4.74 Å². The van der Waals surface area contributed by atoms with Crippen LogP contribution in [0.1, 0.15) is 33.1 Å². The third kappa shape index (κ3) is 4.81. The molecule has 0 amide bonds. The van der Waals surface area contributed by atoms with Crippen LogP contribution in [0.4, 0.5) is 0 Å². The largest absolute Gasteiger partial charge is 0.384 e. The van der Waals surface area contributed by atoms with Crippen molar-refractivity contribution in [2.24, 2.45) is 17.6 Å². The van der Waals surface area contributed by atoms with E-state index in [0.717, 1.165) is 18.9 Å². The minimum absolute atomic E-state index is 0.358. The number of ether oxygens (including phenoxy) is 1. The van der Waals surface area contributed by atoms with Crippen LogP contribution in [0.5, 0.6) is 0 Å². The van der Waals surface area contributed by atoms with E-state index in [1.165, 1.54) is 32.5 Å². The van der Waals surface area contributed by atoms with Gasteiger partial charge in [0.2, 0.25) is 0 Å². The molecular formula is C13H28N2O. The normalized spacial score (nSPS) is 21.6. The quantitative estimate of drug-likeness (QED) is 0.752. The predicted molar refractivity (Wildman–Crippen MR) is 68.5 cm³/mol. The van der Waals surface area contributed by atoms with Crippen LogP contribution in [0.25, 0.3) is 0 Å². The monoisotopic (exact) mass is 228 g/mol. The van der Waals surface area contributed by atoms with E-state index < -0.39 is 0 Å². The van der Waals surface area contributed by atoms with Crippen molar-refractivity contribution in [1.29, 1.82) is 0 Å². The van der Waals surface area contributed by atoms with E-state index in [0.29, 0.717) is 12.0 Å². The van der Waals surface area contributed by atoms with E-state index in [1.54, 1.807) is 7.11 Å². The van der Waals surface area contributed by atoms with Gasteiger partial charge in [-0.05, 0) is 50.7 Å². The second-order valence-corrected chi connectivity index (χ2v) is 5.44. The fourth-order valence-corrected chi connectivity index (χ4v) is 2.28. The summed E-state index contributed by atoms with van der Waals surface area (Å²) in [5, 5.41) is 0. The van der Waals surface area contributed by atoms with Crippen LogP contribution in [0.3, 0.4) is 0 Å². The lowest BCUT2D eigenvalue weighted by Gasteiger charge is -2.32. The van der Waals surface area contributed by atoms with Gasteiger partial charge in [-0.2, -0.15) is 0 Å². The van der Waals surface area contributed by atoms with Crippen molar-refractivity contribution in [1.82, 2.24) is 4.90 Å². The van der Waals surface area contributed by atoms with Gasteiger partial charge in [-0.1, -0.05) is 13.8 Å². The van der Waals surface area contributed by atoms with E-state index in [9.17, 15) is 0 Å². The third-order valence-corrected chi connectivity index (χ3v) is 3.74. The molecule has 16 heavy (non-hydrogen) atoms. The highest BCUT2D eigenvalue weighted by atomic mass is 16.5. The molecule has 1 fully saturated rings. The van der Waals surface area contributed by atoms with Gasteiger partial charge in [-0.15, -0.1) is 0 Å². The van der Waals surface area contributed by atoms with E-state index >= 15 is 0 Å². The minimum Gasteiger partial charge on any atom is -0.384 e. The van der Waals surface area contributed by atoms with Gasteiger partial charge in [0.15, 0.2) is 0 Å². The Morgan fingerprint density at radius 3 is 2.44 bits per heavy atom. The van der Waals surface area contributed by atoms with Crippen molar-refractivity contribution in [3.05, 3.63) is 0 Å². The molecule has 0 aromatic heterocycles. The zero-order valence-corrected chi connectivity index (χ0v) is 11.1. The van der Waals surface area contributed by atoms with E-state index in [-0.39, 0.29) is 0 Å². The van der Waals surface area contributed by atoms with Gasteiger partial charge >= 0.3 is 0 Å². The molecule has 1 unspecified atom stereocenters. The summed E-state index contributed by atoms with van der Waals surface area (Å²) in [5.74, 6) is 1.38. The molecule has 3 nitrogen and oxygen atoms in total. The summed E-state index contributed by atoms with van der Waals surface area (Å²) in [5.41, 5.74) is 6.06. The maximum absolute atomic E-state index is 6.06. The van der Waals surface area contributed by atoms with Crippen molar-refractivity contribution in [3.63, 3.8) is 0 Å². The summed E-state index contributed by atoms with van der Waals surface area (Å²) in [7, 11) is 1.80. The summed E-state index contributed by atoms with van der Waals surface area (Å²) in [6.07, 6.45) is 3.70. The van der Waals surface area contributed by atoms with Crippen molar-refractivity contribution >= 4 is 0 Å². The number of nitrogens with two attached hydrogens (primary N) is 1. The lowest BCUT2D eigenvalue weighted by atomic mass is 9.96. The van der Waals surface area contributed by atoms with Crippen LogP contribution in [0.2, 0.25) is 0 Å². The zero-order chi connectivity index (χ0) is 12.0. The predicted octanol–water partition coefficient (Wildman–Crippen LogP) is 1.72. The molecule has 96 valence electrons. The maximum Gasteiger partial charge on any atom is 0.0491 e. The number of hydrogen-bond acceptors (Lipinski definition) is 3. The highest BCUT2D eigenvalue weighted by molar-refractivity contribution is 4.74. The molecule has 0 aliphatic carbocycles. The number of likely N-dealkylation sites (tertiary alicyclic amines) is 1. The first-order valence-electron chi connectivity index (χ1n) is 6.60. The van der Waals surface area contributed by atoms with Gasteiger partial charge < -0.3 is 15.4 Å². The Morgan fingerprint density at radius 1 is 1.31 bits per heavy atom. The highest BCUT2D eigenvalue weighted by Gasteiger charge is 2.19. The van der Waals surface area contributed by atoms with Crippen LogP contribution in [0.15, 0.2) is 0 Å². The molecule has 1 saturated heterocycles. The molecule has 1 rings (SSSR count).